The zero-order chi connectivity index (χ0) is 8.10. The van der Waals surface area contributed by atoms with Crippen LogP contribution < -0.4 is 0 Å². The predicted molar refractivity (Wildman–Crippen MR) is 50.1 cm³/mol. The molecule has 11 heavy (non-hydrogen) atoms. The summed E-state index contributed by atoms with van der Waals surface area (Å²) in [6.45, 7) is 5.11. The van der Waals surface area contributed by atoms with Crippen molar-refractivity contribution in [2.24, 2.45) is 4.99 Å². The number of allylic oxidation sites excluding steroid dienone is 4. The van der Waals surface area contributed by atoms with Gasteiger partial charge in [-0.05, 0) is 38.3 Å². The highest BCUT2D eigenvalue weighted by molar-refractivity contribution is 6.08. The molecule has 0 saturated heterocycles. The minimum Gasteiger partial charge on any atom is -0.285 e. The summed E-state index contributed by atoms with van der Waals surface area (Å²) in [6, 6.07) is 0. The highest BCUT2D eigenvalue weighted by Gasteiger charge is 2.06. The van der Waals surface area contributed by atoms with Crippen LogP contribution in [-0.2, 0) is 0 Å². The van der Waals surface area contributed by atoms with Crippen LogP contribution in [0.4, 0.5) is 0 Å². The molecule has 0 unspecified atom stereocenters. The van der Waals surface area contributed by atoms with Crippen LogP contribution in [0.1, 0.15) is 26.7 Å². The zero-order valence-electron chi connectivity index (χ0n) is 7.30. The molecule has 0 spiro atoms. The second kappa shape index (κ2) is 4.12. The summed E-state index contributed by atoms with van der Waals surface area (Å²) in [5.74, 6) is 0. The molecular weight excluding hydrogens is 134 g/mol. The Morgan fingerprint density at radius 2 is 2.18 bits per heavy atom. The Hall–Kier alpha value is -0.850. The fourth-order valence-corrected chi connectivity index (χ4v) is 1.31. The van der Waals surface area contributed by atoms with Gasteiger partial charge in [0.2, 0.25) is 0 Å². The van der Waals surface area contributed by atoms with Crippen molar-refractivity contribution in [3.8, 4) is 0 Å². The van der Waals surface area contributed by atoms with Gasteiger partial charge in [-0.2, -0.15) is 0 Å². The largest absolute Gasteiger partial charge is 0.285 e. The Morgan fingerprint density at radius 1 is 1.36 bits per heavy atom. The summed E-state index contributed by atoms with van der Waals surface area (Å²) >= 11 is 0. The first kappa shape index (κ1) is 8.25. The van der Waals surface area contributed by atoms with Gasteiger partial charge in [-0.3, -0.25) is 4.99 Å². The second-order valence-corrected chi connectivity index (χ2v) is 2.68. The number of hydrogen-bond donors (Lipinski definition) is 0. The molecule has 0 fully saturated rings. The van der Waals surface area contributed by atoms with E-state index in [1.54, 1.807) is 0 Å². The Labute approximate surface area is 68.5 Å². The second-order valence-electron chi connectivity index (χ2n) is 2.68. The topological polar surface area (TPSA) is 12.4 Å². The SMILES string of the molecule is C/C=C\C1=NCCC/C1=C/C. The van der Waals surface area contributed by atoms with E-state index in [2.05, 4.69) is 24.1 Å². The lowest BCUT2D eigenvalue weighted by molar-refractivity contribution is 0.815. The van der Waals surface area contributed by atoms with Crippen LogP contribution in [0.5, 0.6) is 0 Å². The third-order valence-corrected chi connectivity index (χ3v) is 1.89. The van der Waals surface area contributed by atoms with Crippen LogP contribution in [0.3, 0.4) is 0 Å². The van der Waals surface area contributed by atoms with Crippen molar-refractivity contribution in [1.82, 2.24) is 0 Å². The van der Waals surface area contributed by atoms with Gasteiger partial charge in [0, 0.05) is 6.54 Å². The number of nitrogens with zero attached hydrogens (tertiary/aromatic N) is 1. The first-order valence-electron chi connectivity index (χ1n) is 4.21. The molecule has 1 nitrogen and oxygen atoms in total. The molecule has 0 atom stereocenters. The van der Waals surface area contributed by atoms with Crippen LogP contribution >= 0.6 is 0 Å². The van der Waals surface area contributed by atoms with E-state index >= 15 is 0 Å². The van der Waals surface area contributed by atoms with Gasteiger partial charge in [-0.15, -0.1) is 0 Å². The molecule has 60 valence electrons. The Kier molecular flexibility index (Phi) is 3.09. The molecule has 0 aromatic heterocycles. The predicted octanol–water partition coefficient (Wildman–Crippen LogP) is 2.74. The van der Waals surface area contributed by atoms with Gasteiger partial charge in [-0.1, -0.05) is 12.2 Å². The molecule has 1 aliphatic rings. The molecule has 0 bridgehead atoms. The van der Waals surface area contributed by atoms with Gasteiger partial charge in [0.25, 0.3) is 0 Å². The fraction of sp³-hybridized carbons (Fsp3) is 0.500. The zero-order valence-corrected chi connectivity index (χ0v) is 7.30. The summed E-state index contributed by atoms with van der Waals surface area (Å²) in [4.78, 5) is 4.43. The lowest BCUT2D eigenvalue weighted by atomic mass is 10.0. The minimum atomic E-state index is 0.997. The van der Waals surface area contributed by atoms with Gasteiger partial charge in [0.05, 0.1) is 5.71 Å². The molecule has 1 rings (SSSR count). The lowest BCUT2D eigenvalue weighted by Crippen LogP contribution is -2.06. The Morgan fingerprint density at radius 3 is 2.82 bits per heavy atom. The maximum absolute atomic E-state index is 4.43. The van der Waals surface area contributed by atoms with Crippen molar-refractivity contribution in [3.05, 3.63) is 23.8 Å². The van der Waals surface area contributed by atoms with Gasteiger partial charge < -0.3 is 0 Å². The highest BCUT2D eigenvalue weighted by Crippen LogP contribution is 2.14. The molecule has 1 heterocycles. The van der Waals surface area contributed by atoms with Crippen LogP contribution in [0.25, 0.3) is 0 Å². The van der Waals surface area contributed by atoms with E-state index < -0.39 is 0 Å². The third-order valence-electron chi connectivity index (χ3n) is 1.89. The van der Waals surface area contributed by atoms with Crippen molar-refractivity contribution in [2.75, 3.05) is 6.54 Å². The normalized spacial score (nSPS) is 22.7. The lowest BCUT2D eigenvalue weighted by Gasteiger charge is -2.11. The average molecular weight is 149 g/mol. The van der Waals surface area contributed by atoms with Gasteiger partial charge in [-0.25, -0.2) is 0 Å². The molecule has 0 saturated carbocycles. The molecule has 0 aromatic carbocycles. The summed E-state index contributed by atoms with van der Waals surface area (Å²) in [7, 11) is 0. The molecule has 0 amide bonds. The van der Waals surface area contributed by atoms with E-state index in [9.17, 15) is 0 Å². The molecule has 1 heteroatoms. The summed E-state index contributed by atoms with van der Waals surface area (Å²) in [6.07, 6.45) is 8.71. The number of rotatable bonds is 1. The van der Waals surface area contributed by atoms with Crippen LogP contribution in [0.15, 0.2) is 28.8 Å². The van der Waals surface area contributed by atoms with Crippen molar-refractivity contribution in [2.45, 2.75) is 26.7 Å². The molecule has 0 aromatic rings. The summed E-state index contributed by atoms with van der Waals surface area (Å²) in [5, 5.41) is 0. The minimum absolute atomic E-state index is 0.997. The van der Waals surface area contributed by atoms with E-state index in [0.717, 1.165) is 6.54 Å². The maximum Gasteiger partial charge on any atom is 0.0599 e. The highest BCUT2D eigenvalue weighted by atomic mass is 14.7. The van der Waals surface area contributed by atoms with Gasteiger partial charge in [0.15, 0.2) is 0 Å². The van der Waals surface area contributed by atoms with Crippen LogP contribution in [-0.4, -0.2) is 12.3 Å². The monoisotopic (exact) mass is 149 g/mol. The van der Waals surface area contributed by atoms with E-state index in [4.69, 9.17) is 0 Å². The number of hydrogen-bond acceptors (Lipinski definition) is 1. The summed E-state index contributed by atoms with van der Waals surface area (Å²) in [5.41, 5.74) is 2.58. The van der Waals surface area contributed by atoms with E-state index in [-0.39, 0.29) is 0 Å². The van der Waals surface area contributed by atoms with Crippen molar-refractivity contribution in [3.63, 3.8) is 0 Å². The smallest absolute Gasteiger partial charge is 0.0599 e. The third kappa shape index (κ3) is 2.04. The van der Waals surface area contributed by atoms with Crippen molar-refractivity contribution < 1.29 is 0 Å². The Balaban J connectivity index is 2.80. The molecule has 1 aliphatic heterocycles. The molecule has 0 radical (unpaired) electrons. The van der Waals surface area contributed by atoms with Gasteiger partial charge in [0.1, 0.15) is 0 Å². The molecular formula is C10H15N. The first-order chi connectivity index (χ1) is 5.38. The first-order valence-corrected chi connectivity index (χ1v) is 4.21. The maximum atomic E-state index is 4.43. The molecule has 0 N–H and O–H groups in total. The quantitative estimate of drug-likeness (QED) is 0.543. The van der Waals surface area contributed by atoms with Crippen LogP contribution in [0.2, 0.25) is 0 Å². The van der Waals surface area contributed by atoms with E-state index in [1.807, 2.05) is 13.0 Å². The standard InChI is InChI=1S/C10H15N/c1-3-6-10-9(4-2)7-5-8-11-10/h3-4,6H,5,7-8H2,1-2H3/b6-3-,9-4-. The van der Waals surface area contributed by atoms with Crippen LogP contribution in [0, 0.1) is 0 Å². The van der Waals surface area contributed by atoms with Gasteiger partial charge >= 0.3 is 0 Å². The van der Waals surface area contributed by atoms with Crippen molar-refractivity contribution in [1.29, 1.82) is 0 Å². The Bertz CT molecular complexity index is 209. The average Bonchev–Trinajstić information content (AvgIpc) is 2.06. The number of aliphatic imine (C=N–C) groups is 1. The van der Waals surface area contributed by atoms with E-state index in [0.29, 0.717) is 0 Å². The fourth-order valence-electron chi connectivity index (χ4n) is 1.31. The molecule has 0 aliphatic carbocycles. The van der Waals surface area contributed by atoms with E-state index in [1.165, 1.54) is 24.1 Å². The summed E-state index contributed by atoms with van der Waals surface area (Å²) < 4.78 is 0. The van der Waals surface area contributed by atoms with Crippen molar-refractivity contribution >= 4 is 5.71 Å².